The molecule has 0 aliphatic heterocycles. The average Bonchev–Trinajstić information content (AvgIpc) is 2.62. The molecule has 1 aromatic heterocycles. The fourth-order valence-electron chi connectivity index (χ4n) is 2.35. The number of aromatic nitrogens is 2. The first-order valence-corrected chi connectivity index (χ1v) is 8.47. The van der Waals surface area contributed by atoms with Gasteiger partial charge in [-0.05, 0) is 42.8 Å². The zero-order chi connectivity index (χ0) is 18.7. The average molecular weight is 390 g/mol. The van der Waals surface area contributed by atoms with E-state index in [0.717, 1.165) is 11.3 Å². The van der Waals surface area contributed by atoms with Crippen molar-refractivity contribution in [1.29, 1.82) is 0 Å². The first-order valence-electron chi connectivity index (χ1n) is 7.72. The fraction of sp³-hybridized carbons (Fsp3) is 0.111. The van der Waals surface area contributed by atoms with Gasteiger partial charge in [-0.2, -0.15) is 0 Å². The highest BCUT2D eigenvalue weighted by molar-refractivity contribution is 6.42. The molecule has 0 aliphatic rings. The van der Waals surface area contributed by atoms with E-state index in [1.807, 2.05) is 25.1 Å². The lowest BCUT2D eigenvalue weighted by Crippen LogP contribution is -2.06. The zero-order valence-electron chi connectivity index (χ0n) is 14.2. The molecule has 0 amide bonds. The molecule has 0 saturated carbocycles. The van der Waals surface area contributed by atoms with Crippen LogP contribution in [0.15, 0.2) is 42.7 Å². The van der Waals surface area contributed by atoms with Crippen LogP contribution in [0.1, 0.15) is 5.56 Å². The van der Waals surface area contributed by atoms with Gasteiger partial charge in [0.05, 0.1) is 22.8 Å². The molecule has 26 heavy (non-hydrogen) atoms. The predicted molar refractivity (Wildman–Crippen MR) is 107 cm³/mol. The standard InChI is InChI=1S/C18H17Cl2N5O/c1-10-3-6-15(26-2)14(7-10)25-18-16(21)17(22-9-23-18)24-11-4-5-12(19)13(20)8-11/h3-9H,21H2,1-2H3,(H2,22,23,24,25). The summed E-state index contributed by atoms with van der Waals surface area (Å²) < 4.78 is 5.37. The molecule has 3 rings (SSSR count). The van der Waals surface area contributed by atoms with Crippen LogP contribution in [0.25, 0.3) is 0 Å². The van der Waals surface area contributed by atoms with Crippen LogP contribution in [0.3, 0.4) is 0 Å². The van der Waals surface area contributed by atoms with Gasteiger partial charge in [0, 0.05) is 5.69 Å². The van der Waals surface area contributed by atoms with Crippen LogP contribution in [0.2, 0.25) is 10.0 Å². The van der Waals surface area contributed by atoms with Crippen molar-refractivity contribution < 1.29 is 4.74 Å². The van der Waals surface area contributed by atoms with E-state index in [2.05, 4.69) is 20.6 Å². The summed E-state index contributed by atoms with van der Waals surface area (Å²) in [6.45, 7) is 1.99. The summed E-state index contributed by atoms with van der Waals surface area (Å²) >= 11 is 12.0. The molecule has 0 aliphatic carbocycles. The van der Waals surface area contributed by atoms with Gasteiger partial charge in [0.1, 0.15) is 17.8 Å². The Morgan fingerprint density at radius 3 is 2.38 bits per heavy atom. The normalized spacial score (nSPS) is 10.5. The second-order valence-corrected chi connectivity index (χ2v) is 6.38. The summed E-state index contributed by atoms with van der Waals surface area (Å²) in [5.74, 6) is 1.60. The van der Waals surface area contributed by atoms with Crippen molar-refractivity contribution >= 4 is 51.9 Å². The number of anilines is 5. The number of nitrogen functional groups attached to an aromatic ring is 1. The van der Waals surface area contributed by atoms with Gasteiger partial charge in [-0.1, -0.05) is 29.3 Å². The van der Waals surface area contributed by atoms with Crippen molar-refractivity contribution in [3.63, 3.8) is 0 Å². The fourth-order valence-corrected chi connectivity index (χ4v) is 2.65. The van der Waals surface area contributed by atoms with E-state index in [-0.39, 0.29) is 0 Å². The highest BCUT2D eigenvalue weighted by atomic mass is 35.5. The van der Waals surface area contributed by atoms with Crippen LogP contribution < -0.4 is 21.1 Å². The van der Waals surface area contributed by atoms with Gasteiger partial charge in [0.2, 0.25) is 0 Å². The quantitative estimate of drug-likeness (QED) is 0.557. The number of methoxy groups -OCH3 is 1. The van der Waals surface area contributed by atoms with E-state index >= 15 is 0 Å². The molecule has 0 fully saturated rings. The molecule has 4 N–H and O–H groups in total. The van der Waals surface area contributed by atoms with Crippen molar-refractivity contribution in [3.05, 3.63) is 58.3 Å². The van der Waals surface area contributed by atoms with Crippen LogP contribution in [0.5, 0.6) is 5.75 Å². The van der Waals surface area contributed by atoms with Gasteiger partial charge in [-0.25, -0.2) is 9.97 Å². The van der Waals surface area contributed by atoms with Crippen LogP contribution in [0.4, 0.5) is 28.7 Å². The summed E-state index contributed by atoms with van der Waals surface area (Å²) in [5, 5.41) is 7.22. The first-order chi connectivity index (χ1) is 12.5. The SMILES string of the molecule is COc1ccc(C)cc1Nc1ncnc(Nc2ccc(Cl)c(Cl)c2)c1N. The number of nitrogens with zero attached hydrogens (tertiary/aromatic N) is 2. The Balaban J connectivity index is 1.90. The monoisotopic (exact) mass is 389 g/mol. The summed E-state index contributed by atoms with van der Waals surface area (Å²) in [4.78, 5) is 8.42. The van der Waals surface area contributed by atoms with E-state index in [1.54, 1.807) is 25.3 Å². The molecule has 6 nitrogen and oxygen atoms in total. The van der Waals surface area contributed by atoms with Gasteiger partial charge >= 0.3 is 0 Å². The number of nitrogens with one attached hydrogen (secondary N) is 2. The Hall–Kier alpha value is -2.70. The molecule has 1 heterocycles. The molecule has 8 heteroatoms. The first kappa shape index (κ1) is 18.1. The minimum absolute atomic E-state index is 0.363. The predicted octanol–water partition coefficient (Wildman–Crippen LogP) is 5.17. The Morgan fingerprint density at radius 2 is 1.69 bits per heavy atom. The molecule has 0 atom stereocenters. The molecule has 3 aromatic rings. The van der Waals surface area contributed by atoms with Crippen LogP contribution >= 0.6 is 23.2 Å². The second-order valence-electron chi connectivity index (χ2n) is 5.57. The largest absolute Gasteiger partial charge is 0.495 e. The molecule has 0 unspecified atom stereocenters. The summed E-state index contributed by atoms with van der Waals surface area (Å²) in [6, 6.07) is 11.0. The van der Waals surface area contributed by atoms with Crippen molar-refractivity contribution in [1.82, 2.24) is 9.97 Å². The smallest absolute Gasteiger partial charge is 0.159 e. The highest BCUT2D eigenvalue weighted by Crippen LogP contribution is 2.33. The number of nitrogens with two attached hydrogens (primary N) is 1. The Labute approximate surface area is 161 Å². The molecular formula is C18H17Cl2N5O. The number of benzene rings is 2. The van der Waals surface area contributed by atoms with E-state index in [9.17, 15) is 0 Å². The topological polar surface area (TPSA) is 85.1 Å². The van der Waals surface area contributed by atoms with Gasteiger partial charge < -0.3 is 21.1 Å². The molecule has 0 saturated heterocycles. The number of ether oxygens (including phenoxy) is 1. The lowest BCUT2D eigenvalue weighted by atomic mass is 10.2. The minimum Gasteiger partial charge on any atom is -0.495 e. The summed E-state index contributed by atoms with van der Waals surface area (Å²) in [7, 11) is 1.61. The third kappa shape index (κ3) is 3.92. The lowest BCUT2D eigenvalue weighted by Gasteiger charge is -2.15. The summed E-state index contributed by atoms with van der Waals surface area (Å²) in [6.07, 6.45) is 1.42. The molecule has 0 spiro atoms. The molecular weight excluding hydrogens is 373 g/mol. The van der Waals surface area contributed by atoms with Gasteiger partial charge in [-0.3, -0.25) is 0 Å². The molecule has 134 valence electrons. The van der Waals surface area contributed by atoms with E-state index in [0.29, 0.717) is 38.8 Å². The third-order valence-corrected chi connectivity index (χ3v) is 4.41. The second kappa shape index (κ2) is 7.68. The van der Waals surface area contributed by atoms with Crippen LogP contribution in [-0.2, 0) is 0 Å². The maximum Gasteiger partial charge on any atom is 0.159 e. The van der Waals surface area contributed by atoms with E-state index in [4.69, 9.17) is 33.7 Å². The molecule has 0 bridgehead atoms. The number of rotatable bonds is 5. The number of hydrogen-bond donors (Lipinski definition) is 3. The van der Waals surface area contributed by atoms with Crippen LogP contribution in [-0.4, -0.2) is 17.1 Å². The Morgan fingerprint density at radius 1 is 0.962 bits per heavy atom. The Kier molecular flexibility index (Phi) is 5.35. The van der Waals surface area contributed by atoms with Crippen molar-refractivity contribution in [2.75, 3.05) is 23.5 Å². The number of aryl methyl sites for hydroxylation is 1. The molecule has 2 aromatic carbocycles. The van der Waals surface area contributed by atoms with Crippen molar-refractivity contribution in [3.8, 4) is 5.75 Å². The summed E-state index contributed by atoms with van der Waals surface area (Å²) in [5.41, 5.74) is 9.14. The highest BCUT2D eigenvalue weighted by Gasteiger charge is 2.12. The number of hydrogen-bond acceptors (Lipinski definition) is 6. The zero-order valence-corrected chi connectivity index (χ0v) is 15.7. The van der Waals surface area contributed by atoms with Crippen molar-refractivity contribution in [2.24, 2.45) is 0 Å². The minimum atomic E-state index is 0.363. The number of halogens is 2. The molecule has 0 radical (unpaired) electrons. The van der Waals surface area contributed by atoms with E-state index in [1.165, 1.54) is 6.33 Å². The van der Waals surface area contributed by atoms with Gasteiger partial charge in [0.25, 0.3) is 0 Å². The maximum absolute atomic E-state index is 6.23. The van der Waals surface area contributed by atoms with Gasteiger partial charge in [0.15, 0.2) is 11.6 Å². The van der Waals surface area contributed by atoms with E-state index < -0.39 is 0 Å². The maximum atomic E-state index is 6.23. The van der Waals surface area contributed by atoms with Crippen LogP contribution in [0, 0.1) is 6.92 Å². The van der Waals surface area contributed by atoms with Crippen molar-refractivity contribution in [2.45, 2.75) is 6.92 Å². The lowest BCUT2D eigenvalue weighted by molar-refractivity contribution is 0.416. The Bertz CT molecular complexity index is 949. The third-order valence-electron chi connectivity index (χ3n) is 3.67. The van der Waals surface area contributed by atoms with Gasteiger partial charge in [-0.15, -0.1) is 0 Å².